The van der Waals surface area contributed by atoms with Crippen molar-refractivity contribution in [1.29, 1.82) is 0 Å². The van der Waals surface area contributed by atoms with E-state index in [1.807, 2.05) is 0 Å². The number of nitrogens with zero attached hydrogens (tertiary/aromatic N) is 2. The maximum Gasteiger partial charge on any atom is 0.304 e. The van der Waals surface area contributed by atoms with Crippen LogP contribution in [0.5, 0.6) is 5.88 Å². The van der Waals surface area contributed by atoms with Crippen molar-refractivity contribution < 1.29 is 14.1 Å². The molecule has 0 saturated carbocycles. The normalized spacial score (nSPS) is 10.1. The first-order valence-corrected chi connectivity index (χ1v) is 5.06. The quantitative estimate of drug-likeness (QED) is 0.618. The zero-order chi connectivity index (χ0) is 13.1. The Balaban J connectivity index is 2.39. The van der Waals surface area contributed by atoms with Crippen molar-refractivity contribution in [3.63, 3.8) is 0 Å². The van der Waals surface area contributed by atoms with Gasteiger partial charge < -0.3 is 4.74 Å². The van der Waals surface area contributed by atoms with Gasteiger partial charge in [0.25, 0.3) is 0 Å². The minimum absolute atomic E-state index is 0.445. The van der Waals surface area contributed by atoms with Crippen LogP contribution in [0, 0.1) is 15.9 Å². The number of halogens is 1. The van der Waals surface area contributed by atoms with E-state index >= 15 is 0 Å². The molecule has 1 heterocycles. The lowest BCUT2D eigenvalue weighted by molar-refractivity contribution is -0.387. The van der Waals surface area contributed by atoms with E-state index in [0.717, 1.165) is 12.1 Å². The first-order valence-electron chi connectivity index (χ1n) is 5.06. The summed E-state index contributed by atoms with van der Waals surface area (Å²) in [5.74, 6) is -0.422. The Hall–Kier alpha value is -2.50. The molecule has 92 valence electrons. The lowest BCUT2D eigenvalue weighted by Crippen LogP contribution is -1.93. The van der Waals surface area contributed by atoms with Gasteiger partial charge >= 0.3 is 5.69 Å². The summed E-state index contributed by atoms with van der Waals surface area (Å²) in [5, 5.41) is 10.5. The average molecular weight is 248 g/mol. The third-order valence-corrected chi connectivity index (χ3v) is 2.42. The molecule has 6 heteroatoms. The molecule has 0 radical (unpaired) electrons. The molecule has 0 unspecified atom stereocenters. The Bertz CT molecular complexity index is 584. The lowest BCUT2D eigenvalue weighted by atomic mass is 10.1. The van der Waals surface area contributed by atoms with Gasteiger partial charge in [0.2, 0.25) is 11.7 Å². The number of nitro groups is 1. The average Bonchev–Trinajstić information content (AvgIpc) is 2.38. The van der Waals surface area contributed by atoms with Gasteiger partial charge in [-0.15, -0.1) is 0 Å². The fourth-order valence-corrected chi connectivity index (χ4v) is 1.51. The molecule has 1 aromatic carbocycles. The highest BCUT2D eigenvalue weighted by Crippen LogP contribution is 2.25. The van der Waals surface area contributed by atoms with Gasteiger partial charge in [0.15, 0.2) is 0 Å². The van der Waals surface area contributed by atoms with Gasteiger partial charge in [0.05, 0.1) is 12.0 Å². The van der Waals surface area contributed by atoms with Crippen LogP contribution in [-0.4, -0.2) is 17.0 Å². The topological polar surface area (TPSA) is 65.3 Å². The van der Waals surface area contributed by atoms with E-state index in [1.165, 1.54) is 19.4 Å². The molecule has 0 aliphatic rings. The highest BCUT2D eigenvalue weighted by molar-refractivity contribution is 5.64. The van der Waals surface area contributed by atoms with E-state index < -0.39 is 16.4 Å². The van der Waals surface area contributed by atoms with E-state index in [0.29, 0.717) is 17.0 Å². The van der Waals surface area contributed by atoms with Crippen LogP contribution in [0.2, 0.25) is 0 Å². The monoisotopic (exact) mass is 248 g/mol. The SMILES string of the molecule is COc1ccc(-c2ccc([N+](=O)[O-])c(F)c2)cn1. The van der Waals surface area contributed by atoms with Crippen molar-refractivity contribution in [3.05, 3.63) is 52.5 Å². The number of hydrogen-bond donors (Lipinski definition) is 0. The van der Waals surface area contributed by atoms with Crippen molar-refractivity contribution in [1.82, 2.24) is 4.98 Å². The van der Waals surface area contributed by atoms with Gasteiger partial charge in [-0.25, -0.2) is 4.98 Å². The van der Waals surface area contributed by atoms with Crippen molar-refractivity contribution in [3.8, 4) is 17.0 Å². The van der Waals surface area contributed by atoms with Crippen LogP contribution in [0.15, 0.2) is 36.5 Å². The minimum atomic E-state index is -0.867. The van der Waals surface area contributed by atoms with Crippen LogP contribution in [-0.2, 0) is 0 Å². The van der Waals surface area contributed by atoms with Gasteiger partial charge in [-0.05, 0) is 23.8 Å². The Kier molecular flexibility index (Phi) is 3.18. The van der Waals surface area contributed by atoms with Crippen molar-refractivity contribution in [2.24, 2.45) is 0 Å². The summed E-state index contributed by atoms with van der Waals surface area (Å²) in [7, 11) is 1.49. The first-order chi connectivity index (χ1) is 8.61. The Morgan fingerprint density at radius 3 is 2.50 bits per heavy atom. The molecule has 0 aliphatic heterocycles. The standard InChI is InChI=1S/C12H9FN2O3/c1-18-12-5-3-9(7-14-12)8-2-4-11(15(16)17)10(13)6-8/h2-7H,1H3. The molecular formula is C12H9FN2O3. The Labute approximate surface area is 102 Å². The number of benzene rings is 1. The van der Waals surface area contributed by atoms with Crippen LogP contribution < -0.4 is 4.74 Å². The maximum absolute atomic E-state index is 13.4. The van der Waals surface area contributed by atoms with Gasteiger partial charge in [-0.3, -0.25) is 10.1 Å². The van der Waals surface area contributed by atoms with Gasteiger partial charge in [-0.1, -0.05) is 0 Å². The summed E-state index contributed by atoms with van der Waals surface area (Å²) < 4.78 is 18.4. The third-order valence-electron chi connectivity index (χ3n) is 2.42. The molecule has 1 aromatic heterocycles. The third kappa shape index (κ3) is 2.27. The highest BCUT2D eigenvalue weighted by Gasteiger charge is 2.14. The predicted molar refractivity (Wildman–Crippen MR) is 62.8 cm³/mol. The number of methoxy groups -OCH3 is 1. The molecule has 0 spiro atoms. The molecule has 0 aliphatic carbocycles. The predicted octanol–water partition coefficient (Wildman–Crippen LogP) is 2.80. The second-order valence-corrected chi connectivity index (χ2v) is 3.51. The fraction of sp³-hybridized carbons (Fsp3) is 0.0833. The number of aromatic nitrogens is 1. The Morgan fingerprint density at radius 2 is 2.00 bits per heavy atom. The molecule has 0 atom stereocenters. The highest BCUT2D eigenvalue weighted by atomic mass is 19.1. The van der Waals surface area contributed by atoms with Crippen LogP contribution in [0.1, 0.15) is 0 Å². The maximum atomic E-state index is 13.4. The first kappa shape index (κ1) is 12.0. The minimum Gasteiger partial charge on any atom is -0.481 e. The molecule has 0 bridgehead atoms. The second kappa shape index (κ2) is 4.79. The molecular weight excluding hydrogens is 239 g/mol. The van der Waals surface area contributed by atoms with E-state index in [9.17, 15) is 14.5 Å². The molecule has 0 fully saturated rings. The van der Waals surface area contributed by atoms with Crippen LogP contribution >= 0.6 is 0 Å². The van der Waals surface area contributed by atoms with Gasteiger partial charge in [-0.2, -0.15) is 4.39 Å². The molecule has 5 nitrogen and oxygen atoms in total. The van der Waals surface area contributed by atoms with Gasteiger partial charge in [0.1, 0.15) is 0 Å². The number of ether oxygens (including phenoxy) is 1. The number of rotatable bonds is 3. The summed E-state index contributed by atoms with van der Waals surface area (Å²) in [6.07, 6.45) is 1.51. The Morgan fingerprint density at radius 1 is 1.28 bits per heavy atom. The van der Waals surface area contributed by atoms with Crippen molar-refractivity contribution >= 4 is 5.69 Å². The number of pyridine rings is 1. The van der Waals surface area contributed by atoms with Crippen LogP contribution in [0.3, 0.4) is 0 Å². The molecule has 0 amide bonds. The zero-order valence-electron chi connectivity index (χ0n) is 9.46. The number of hydrogen-bond acceptors (Lipinski definition) is 4. The molecule has 2 rings (SSSR count). The summed E-state index contributed by atoms with van der Waals surface area (Å²) in [5.41, 5.74) is 0.637. The molecule has 0 saturated heterocycles. The van der Waals surface area contributed by atoms with E-state index in [1.54, 1.807) is 12.1 Å². The largest absolute Gasteiger partial charge is 0.481 e. The van der Waals surface area contributed by atoms with E-state index in [4.69, 9.17) is 4.74 Å². The van der Waals surface area contributed by atoms with Crippen molar-refractivity contribution in [2.75, 3.05) is 7.11 Å². The van der Waals surface area contributed by atoms with E-state index in [2.05, 4.69) is 4.98 Å². The fourth-order valence-electron chi connectivity index (χ4n) is 1.51. The zero-order valence-corrected chi connectivity index (χ0v) is 9.46. The molecule has 2 aromatic rings. The van der Waals surface area contributed by atoms with Crippen LogP contribution in [0.4, 0.5) is 10.1 Å². The van der Waals surface area contributed by atoms with Crippen LogP contribution in [0.25, 0.3) is 11.1 Å². The van der Waals surface area contributed by atoms with Crippen molar-refractivity contribution in [2.45, 2.75) is 0 Å². The molecule has 18 heavy (non-hydrogen) atoms. The summed E-state index contributed by atoms with van der Waals surface area (Å²) in [4.78, 5) is 13.7. The summed E-state index contributed by atoms with van der Waals surface area (Å²) >= 11 is 0. The smallest absolute Gasteiger partial charge is 0.304 e. The summed E-state index contributed by atoms with van der Waals surface area (Å²) in [6.45, 7) is 0. The number of nitro benzene ring substituents is 1. The molecule has 0 N–H and O–H groups in total. The van der Waals surface area contributed by atoms with Gasteiger partial charge in [0, 0.05) is 23.9 Å². The summed E-state index contributed by atoms with van der Waals surface area (Å²) in [6, 6.07) is 7.06. The van der Waals surface area contributed by atoms with E-state index in [-0.39, 0.29) is 0 Å². The lowest BCUT2D eigenvalue weighted by Gasteiger charge is -2.03. The second-order valence-electron chi connectivity index (χ2n) is 3.51.